The van der Waals surface area contributed by atoms with Crippen molar-refractivity contribution in [2.45, 2.75) is 25.5 Å². The van der Waals surface area contributed by atoms with Crippen LogP contribution in [0, 0.1) is 11.8 Å². The maximum Gasteiger partial charge on any atom is 0.407 e. The van der Waals surface area contributed by atoms with Crippen molar-refractivity contribution in [1.82, 2.24) is 34.2 Å². The number of aryl methyl sites for hydroxylation is 1. The Labute approximate surface area is 207 Å². The Morgan fingerprint density at radius 2 is 1.94 bits per heavy atom. The normalized spacial score (nSPS) is 24.2. The number of benzene rings is 1. The Hall–Kier alpha value is -3.73. The Morgan fingerprint density at radius 3 is 2.69 bits per heavy atom. The van der Waals surface area contributed by atoms with Crippen molar-refractivity contribution < 1.29 is 14.6 Å². The zero-order chi connectivity index (χ0) is 24.4. The van der Waals surface area contributed by atoms with Gasteiger partial charge < -0.3 is 19.6 Å². The van der Waals surface area contributed by atoms with Gasteiger partial charge in [0.15, 0.2) is 5.65 Å². The third-order valence-electron chi connectivity index (χ3n) is 7.93. The van der Waals surface area contributed by atoms with Crippen molar-refractivity contribution in [3.05, 3.63) is 30.7 Å². The number of ether oxygens (including phenoxy) is 1. The molecule has 3 aromatic heterocycles. The van der Waals surface area contributed by atoms with Crippen LogP contribution in [0.1, 0.15) is 25.5 Å². The average molecular weight is 489 g/mol. The third kappa shape index (κ3) is 3.41. The number of anilines is 1. The molecule has 0 bridgehead atoms. The molecule has 6 heterocycles. The first kappa shape index (κ1) is 21.5. The first-order chi connectivity index (χ1) is 17.5. The van der Waals surface area contributed by atoms with Crippen LogP contribution in [0.4, 0.5) is 10.7 Å². The van der Waals surface area contributed by atoms with Crippen LogP contribution in [0.3, 0.4) is 0 Å². The van der Waals surface area contributed by atoms with Gasteiger partial charge in [-0.15, -0.1) is 0 Å². The number of amides is 1. The molecule has 0 spiro atoms. The second-order valence-corrected chi connectivity index (χ2v) is 10.2. The number of imidazole rings is 1. The standard InChI is InChI=1S/C25H28N8O3/c1-30-19-6-5-15(8-16(19)9-27-30)21-22-23(33(14-26-22)20-4-2-3-7-36-20)29-24(28-21)31-10-17-12-32(25(34)35)13-18(17)11-31/h5-6,8-9,14,17-18,20H,2-4,7,10-13H2,1H3,(H,34,35). The minimum absolute atomic E-state index is 0.0813. The molecule has 11 heteroatoms. The highest BCUT2D eigenvalue weighted by atomic mass is 16.5. The minimum Gasteiger partial charge on any atom is -0.465 e. The number of fused-ring (bicyclic) bond motifs is 3. The maximum absolute atomic E-state index is 11.4. The van der Waals surface area contributed by atoms with Crippen molar-refractivity contribution in [3.63, 3.8) is 0 Å². The van der Waals surface area contributed by atoms with Crippen LogP contribution in [0.2, 0.25) is 0 Å². The van der Waals surface area contributed by atoms with Gasteiger partial charge >= 0.3 is 6.09 Å². The summed E-state index contributed by atoms with van der Waals surface area (Å²) in [5, 5.41) is 14.8. The molecule has 1 amide bonds. The van der Waals surface area contributed by atoms with Gasteiger partial charge in [-0.05, 0) is 31.4 Å². The molecule has 3 atom stereocenters. The number of likely N-dealkylation sites (tertiary alicyclic amines) is 1. The van der Waals surface area contributed by atoms with Gasteiger partial charge in [0.2, 0.25) is 5.95 Å². The van der Waals surface area contributed by atoms with E-state index in [0.29, 0.717) is 30.9 Å². The monoisotopic (exact) mass is 488 g/mol. The molecule has 0 aliphatic carbocycles. The summed E-state index contributed by atoms with van der Waals surface area (Å²) in [6.07, 6.45) is 5.89. The molecule has 186 valence electrons. The molecule has 3 aliphatic heterocycles. The number of carbonyl (C=O) groups is 1. The van der Waals surface area contributed by atoms with E-state index in [1.54, 1.807) is 0 Å². The first-order valence-corrected chi connectivity index (χ1v) is 12.6. The summed E-state index contributed by atoms with van der Waals surface area (Å²) >= 11 is 0. The van der Waals surface area contributed by atoms with E-state index in [0.717, 1.165) is 72.3 Å². The van der Waals surface area contributed by atoms with Gasteiger partial charge in [0.25, 0.3) is 0 Å². The van der Waals surface area contributed by atoms with E-state index in [-0.39, 0.29) is 6.23 Å². The fourth-order valence-electron chi connectivity index (χ4n) is 6.03. The summed E-state index contributed by atoms with van der Waals surface area (Å²) in [6, 6.07) is 6.23. The number of hydrogen-bond acceptors (Lipinski definition) is 7. The van der Waals surface area contributed by atoms with Crippen LogP contribution in [-0.2, 0) is 11.8 Å². The lowest BCUT2D eigenvalue weighted by Crippen LogP contribution is -2.32. The fraction of sp³-hybridized carbons (Fsp3) is 0.480. The average Bonchev–Trinajstić information content (AvgIpc) is 3.66. The van der Waals surface area contributed by atoms with Crippen molar-refractivity contribution in [3.8, 4) is 11.3 Å². The lowest BCUT2D eigenvalue weighted by atomic mass is 10.0. The lowest BCUT2D eigenvalue weighted by molar-refractivity contribution is -0.0298. The van der Waals surface area contributed by atoms with Gasteiger partial charge in [-0.1, -0.05) is 6.07 Å². The van der Waals surface area contributed by atoms with Crippen LogP contribution >= 0.6 is 0 Å². The smallest absolute Gasteiger partial charge is 0.407 e. The molecule has 1 aromatic carbocycles. The van der Waals surface area contributed by atoms with Gasteiger partial charge in [0.05, 0.1) is 18.0 Å². The van der Waals surface area contributed by atoms with E-state index in [1.165, 1.54) is 4.90 Å². The van der Waals surface area contributed by atoms with Crippen LogP contribution < -0.4 is 4.90 Å². The van der Waals surface area contributed by atoms with Gasteiger partial charge in [-0.3, -0.25) is 9.25 Å². The van der Waals surface area contributed by atoms with Crippen LogP contribution in [0.25, 0.3) is 33.3 Å². The Kier molecular flexibility index (Phi) is 4.88. The number of carboxylic acid groups (broad SMARTS) is 1. The highest BCUT2D eigenvalue weighted by molar-refractivity contribution is 5.92. The zero-order valence-corrected chi connectivity index (χ0v) is 20.1. The summed E-state index contributed by atoms with van der Waals surface area (Å²) in [7, 11) is 1.94. The number of nitrogens with zero attached hydrogens (tertiary/aromatic N) is 8. The molecule has 1 N–H and O–H groups in total. The van der Waals surface area contributed by atoms with E-state index in [1.807, 2.05) is 24.3 Å². The van der Waals surface area contributed by atoms with E-state index < -0.39 is 6.09 Å². The zero-order valence-electron chi connectivity index (χ0n) is 20.1. The van der Waals surface area contributed by atoms with E-state index in [2.05, 4.69) is 32.8 Å². The van der Waals surface area contributed by atoms with Gasteiger partial charge in [-0.25, -0.2) is 14.8 Å². The number of rotatable bonds is 3. The highest BCUT2D eigenvalue weighted by Gasteiger charge is 2.42. The molecule has 3 fully saturated rings. The van der Waals surface area contributed by atoms with Crippen molar-refractivity contribution in [1.29, 1.82) is 0 Å². The van der Waals surface area contributed by atoms with E-state index in [9.17, 15) is 9.90 Å². The molecule has 0 saturated carbocycles. The highest BCUT2D eigenvalue weighted by Crippen LogP contribution is 2.36. The molecule has 11 nitrogen and oxygen atoms in total. The third-order valence-corrected chi connectivity index (χ3v) is 7.93. The Bertz CT molecular complexity index is 1460. The largest absolute Gasteiger partial charge is 0.465 e. The Balaban J connectivity index is 1.32. The van der Waals surface area contributed by atoms with Gasteiger partial charge in [-0.2, -0.15) is 10.1 Å². The maximum atomic E-state index is 11.4. The molecule has 0 radical (unpaired) electrons. The second kappa shape index (κ2) is 8.16. The van der Waals surface area contributed by atoms with Crippen molar-refractivity contribution >= 4 is 34.1 Å². The molecule has 3 saturated heterocycles. The summed E-state index contributed by atoms with van der Waals surface area (Å²) in [5.74, 6) is 1.25. The Morgan fingerprint density at radius 1 is 1.11 bits per heavy atom. The summed E-state index contributed by atoms with van der Waals surface area (Å²) in [4.78, 5) is 30.0. The first-order valence-electron chi connectivity index (χ1n) is 12.6. The second-order valence-electron chi connectivity index (χ2n) is 10.2. The summed E-state index contributed by atoms with van der Waals surface area (Å²) in [5.41, 5.74) is 4.35. The summed E-state index contributed by atoms with van der Waals surface area (Å²) < 4.78 is 9.98. The van der Waals surface area contributed by atoms with Crippen LogP contribution in [0.5, 0.6) is 0 Å². The lowest BCUT2D eigenvalue weighted by Gasteiger charge is -2.24. The minimum atomic E-state index is -0.835. The predicted molar refractivity (Wildman–Crippen MR) is 133 cm³/mol. The molecular weight excluding hydrogens is 460 g/mol. The topological polar surface area (TPSA) is 114 Å². The molecule has 3 unspecified atom stereocenters. The molecule has 7 rings (SSSR count). The van der Waals surface area contributed by atoms with Crippen LogP contribution in [-0.4, -0.2) is 78.2 Å². The quantitative estimate of drug-likeness (QED) is 0.468. The van der Waals surface area contributed by atoms with Crippen LogP contribution in [0.15, 0.2) is 30.7 Å². The van der Waals surface area contributed by atoms with Gasteiger partial charge in [0, 0.05) is 62.6 Å². The summed E-state index contributed by atoms with van der Waals surface area (Å²) in [6.45, 7) is 3.36. The van der Waals surface area contributed by atoms with E-state index in [4.69, 9.17) is 19.7 Å². The van der Waals surface area contributed by atoms with E-state index >= 15 is 0 Å². The SMILES string of the molecule is Cn1ncc2cc(-c3nc(N4CC5CN(C(=O)O)CC5C4)nc4c3ncn4C3CCCCO3)ccc21. The number of aromatic nitrogens is 6. The molecule has 4 aromatic rings. The number of hydrogen-bond donors (Lipinski definition) is 1. The molecule has 3 aliphatic rings. The molecular formula is C25H28N8O3. The predicted octanol–water partition coefficient (Wildman–Crippen LogP) is 3.13. The van der Waals surface area contributed by atoms with Crippen molar-refractivity contribution in [2.24, 2.45) is 18.9 Å². The fourth-order valence-corrected chi connectivity index (χ4v) is 6.03. The van der Waals surface area contributed by atoms with Crippen molar-refractivity contribution in [2.75, 3.05) is 37.7 Å². The van der Waals surface area contributed by atoms with Gasteiger partial charge in [0.1, 0.15) is 17.4 Å². The molecule has 36 heavy (non-hydrogen) atoms.